The molecule has 4 aliphatic heterocycles. The van der Waals surface area contributed by atoms with Crippen LogP contribution in [0.5, 0.6) is 11.5 Å². The maximum atomic E-state index is 14.9. The van der Waals surface area contributed by atoms with Crippen molar-refractivity contribution in [1.29, 1.82) is 0 Å². The number of nitrogens with zero attached hydrogens (tertiary/aromatic N) is 7. The normalized spacial score (nSPS) is 17.6. The largest absolute Gasteiger partial charge is 0.497 e. The lowest BCUT2D eigenvalue weighted by Crippen LogP contribution is -2.35. The van der Waals surface area contributed by atoms with Gasteiger partial charge in [-0.2, -0.15) is 0 Å². The number of anilines is 2. The number of aromatic nitrogens is 4. The van der Waals surface area contributed by atoms with Gasteiger partial charge in [-0.25, -0.2) is 18.7 Å². The third kappa shape index (κ3) is 11.5. The van der Waals surface area contributed by atoms with Gasteiger partial charge in [-0.3, -0.25) is 44.6 Å². The van der Waals surface area contributed by atoms with Crippen molar-refractivity contribution in [2.45, 2.75) is 12.8 Å². The van der Waals surface area contributed by atoms with Crippen molar-refractivity contribution in [2.75, 3.05) is 76.4 Å². The maximum absolute atomic E-state index is 14.9. The molecule has 68 heavy (non-hydrogen) atoms. The van der Waals surface area contributed by atoms with E-state index in [0.29, 0.717) is 89.4 Å². The number of nitrogens with one attached hydrogen (secondary N) is 3. The van der Waals surface area contributed by atoms with E-state index in [-0.39, 0.29) is 21.3 Å². The van der Waals surface area contributed by atoms with E-state index in [9.17, 15) is 32.8 Å². The highest BCUT2D eigenvalue weighted by atomic mass is 32.2. The first-order chi connectivity index (χ1) is 32.9. The Balaban J connectivity index is 0.000000196. The van der Waals surface area contributed by atoms with Crippen molar-refractivity contribution in [3.8, 4) is 34.0 Å². The zero-order valence-corrected chi connectivity index (χ0v) is 38.4. The Bertz CT molecular complexity index is 2820. The molecule has 3 N–H and O–H groups in total. The van der Waals surface area contributed by atoms with Crippen molar-refractivity contribution in [2.24, 2.45) is 0 Å². The fourth-order valence-electron chi connectivity index (χ4n) is 7.62. The van der Waals surface area contributed by atoms with E-state index in [1.165, 1.54) is 50.9 Å². The monoisotopic (exact) mass is 962 g/mol. The number of amides is 5. The topological polar surface area (TPSA) is 201 Å². The van der Waals surface area contributed by atoms with Crippen LogP contribution in [0.3, 0.4) is 0 Å². The zero-order valence-electron chi connectivity index (χ0n) is 36.8. The molecule has 17 nitrogen and oxygen atoms in total. The molecule has 21 heteroatoms. The van der Waals surface area contributed by atoms with Crippen LogP contribution in [0.1, 0.15) is 34.3 Å². The van der Waals surface area contributed by atoms with Gasteiger partial charge < -0.3 is 29.5 Å². The summed E-state index contributed by atoms with van der Waals surface area (Å²) in [5, 5.41) is 6.88. The molecule has 0 aliphatic carbocycles. The number of carbonyl (C=O) groups excluding carboxylic acids is 5. The zero-order chi connectivity index (χ0) is 47.7. The highest BCUT2D eigenvalue weighted by Gasteiger charge is 2.27. The Morgan fingerprint density at radius 3 is 1.68 bits per heavy atom. The molecule has 4 aliphatic rings. The average Bonchev–Trinajstić information content (AvgIpc) is 3.58. The van der Waals surface area contributed by atoms with Gasteiger partial charge in [-0.1, -0.05) is 12.1 Å². The minimum absolute atomic E-state index is 0.123. The second kappa shape index (κ2) is 21.6. The number of benzene rings is 3. The molecule has 6 heterocycles. The fourth-order valence-corrected chi connectivity index (χ4v) is 8.98. The van der Waals surface area contributed by atoms with Gasteiger partial charge in [-0.05, 0) is 103 Å². The smallest absolute Gasteiger partial charge is 0.290 e. The average molecular weight is 963 g/mol. The molecule has 3 aromatic carbocycles. The molecule has 0 unspecified atom stereocenters. The third-order valence-corrected chi connectivity index (χ3v) is 12.6. The summed E-state index contributed by atoms with van der Waals surface area (Å²) in [4.78, 5) is 83.9. The molecule has 5 aromatic rings. The van der Waals surface area contributed by atoms with E-state index < -0.39 is 33.9 Å². The molecule has 2 aromatic heterocycles. The molecule has 5 amide bonds. The van der Waals surface area contributed by atoms with E-state index in [4.69, 9.17) is 9.47 Å². The second-order valence-corrected chi connectivity index (χ2v) is 17.6. The van der Waals surface area contributed by atoms with E-state index in [2.05, 4.69) is 40.8 Å². The first-order valence-corrected chi connectivity index (χ1v) is 23.0. The number of hydrogen-bond acceptors (Lipinski definition) is 16. The molecule has 9 rings (SSSR count). The number of rotatable bonds is 9. The van der Waals surface area contributed by atoms with Gasteiger partial charge in [0.15, 0.2) is 0 Å². The number of ether oxygens (including phenoxy) is 2. The molecule has 4 fully saturated rings. The van der Waals surface area contributed by atoms with Crippen LogP contribution in [0.4, 0.5) is 30.0 Å². The molecule has 4 saturated heterocycles. The van der Waals surface area contributed by atoms with Gasteiger partial charge in [0, 0.05) is 68.6 Å². The summed E-state index contributed by atoms with van der Waals surface area (Å²) < 4.78 is 40.0. The minimum Gasteiger partial charge on any atom is -0.497 e. The Labute approximate surface area is 397 Å². The summed E-state index contributed by atoms with van der Waals surface area (Å²) in [5.74, 6) is 0.382. The number of halogens is 2. The van der Waals surface area contributed by atoms with E-state index in [1.807, 2.05) is 4.90 Å². The number of thioether (sulfide) groups is 2. The Morgan fingerprint density at radius 1 is 0.632 bits per heavy atom. The van der Waals surface area contributed by atoms with Crippen LogP contribution < -0.4 is 35.2 Å². The summed E-state index contributed by atoms with van der Waals surface area (Å²) in [6, 6.07) is 14.0. The van der Waals surface area contributed by atoms with Crippen LogP contribution in [0.2, 0.25) is 0 Å². The Hall–Kier alpha value is -7.23. The van der Waals surface area contributed by atoms with Crippen LogP contribution >= 0.6 is 23.5 Å². The van der Waals surface area contributed by atoms with Crippen molar-refractivity contribution in [1.82, 2.24) is 40.8 Å². The summed E-state index contributed by atoms with van der Waals surface area (Å²) in [5.41, 5.74) is 2.91. The number of methoxy groups -OCH3 is 2. The SMILES string of the molecule is COc1cc(OC)cc(C(=O)N2CCCN(c3cncc(-c4cc(/C=C5\SC(=O)NC5=O)ccc4F)n3)CC2)c1.O=C1NC(=O)/C(=C/c2ccc(F)c(-c3cncc(N4CCCNCC4)n3)c2)S1. The lowest BCUT2D eigenvalue weighted by atomic mass is 10.1. The van der Waals surface area contributed by atoms with Crippen LogP contribution in [0, 0.1) is 11.6 Å². The third-order valence-electron chi connectivity index (χ3n) is 11.0. The standard InChI is InChI=1S/C28H26FN5O5S.C19H18FN5O2S/c1-38-19-12-18(13-20(14-19)39-2)27(36)34-7-3-6-33(8-9-34)25-16-30-15-23(31-25)21-10-17(4-5-22(21)29)11-24-26(35)32-28(37)40-24;20-14-3-2-12(9-16-18(26)24-19(27)28-16)8-13(14)15-10-22-11-17(23-15)25-6-1-4-21-5-7-25/h4-5,10-16H,3,6-9H2,1-2H3,(H,32,35,37);2-3,8-11,21H,1,4-7H2,(H,24,26,27)/b24-11-;16-9-. The van der Waals surface area contributed by atoms with E-state index in [0.717, 1.165) is 56.1 Å². The van der Waals surface area contributed by atoms with Gasteiger partial charge in [0.2, 0.25) is 0 Å². The Kier molecular flexibility index (Phi) is 15.0. The Morgan fingerprint density at radius 2 is 1.16 bits per heavy atom. The molecule has 0 radical (unpaired) electrons. The molecule has 0 bridgehead atoms. The van der Waals surface area contributed by atoms with Gasteiger partial charge in [-0.15, -0.1) is 0 Å². The summed E-state index contributed by atoms with van der Waals surface area (Å²) in [7, 11) is 3.08. The molecule has 0 saturated carbocycles. The number of carbonyl (C=O) groups is 5. The van der Waals surface area contributed by atoms with Crippen molar-refractivity contribution >= 4 is 75.5 Å². The summed E-state index contributed by atoms with van der Waals surface area (Å²) in [6.45, 7) is 5.66. The molecule has 350 valence electrons. The van der Waals surface area contributed by atoms with Crippen LogP contribution in [-0.4, -0.2) is 120 Å². The molecule has 0 spiro atoms. The van der Waals surface area contributed by atoms with E-state index >= 15 is 0 Å². The van der Waals surface area contributed by atoms with Gasteiger partial charge in [0.05, 0.1) is 60.2 Å². The van der Waals surface area contributed by atoms with Gasteiger partial charge in [0.1, 0.15) is 34.8 Å². The van der Waals surface area contributed by atoms with Gasteiger partial charge >= 0.3 is 0 Å². The van der Waals surface area contributed by atoms with Crippen LogP contribution in [-0.2, 0) is 9.59 Å². The maximum Gasteiger partial charge on any atom is 0.290 e. The highest BCUT2D eigenvalue weighted by Crippen LogP contribution is 2.31. The van der Waals surface area contributed by atoms with Crippen molar-refractivity contribution in [3.05, 3.63) is 118 Å². The first kappa shape index (κ1) is 47.3. The minimum atomic E-state index is -0.491. The first-order valence-electron chi connectivity index (χ1n) is 21.4. The lowest BCUT2D eigenvalue weighted by molar-refractivity contribution is -0.116. The molecular formula is C47H44F2N10O7S2. The second-order valence-electron chi connectivity index (χ2n) is 15.5. The van der Waals surface area contributed by atoms with Crippen LogP contribution in [0.25, 0.3) is 34.7 Å². The summed E-state index contributed by atoms with van der Waals surface area (Å²) >= 11 is 1.62. The number of imide groups is 2. The fraction of sp³-hybridized carbons (Fsp3) is 0.255. The lowest BCUT2D eigenvalue weighted by Gasteiger charge is -2.23. The predicted octanol–water partition coefficient (Wildman–Crippen LogP) is 6.38. The number of hydrogen-bond donors (Lipinski definition) is 3. The predicted molar refractivity (Wildman–Crippen MR) is 255 cm³/mol. The van der Waals surface area contributed by atoms with Crippen molar-refractivity contribution < 1.29 is 42.2 Å². The van der Waals surface area contributed by atoms with Crippen LogP contribution in [0.15, 0.2) is 89.2 Å². The summed E-state index contributed by atoms with van der Waals surface area (Å²) in [6.07, 6.45) is 11.1. The van der Waals surface area contributed by atoms with Crippen molar-refractivity contribution in [3.63, 3.8) is 0 Å². The van der Waals surface area contributed by atoms with Gasteiger partial charge in [0.25, 0.3) is 28.2 Å². The quantitative estimate of drug-likeness (QED) is 0.137. The molecule has 0 atom stereocenters. The molecular weight excluding hydrogens is 919 g/mol. The van der Waals surface area contributed by atoms with E-state index in [1.54, 1.807) is 59.8 Å². The highest BCUT2D eigenvalue weighted by molar-refractivity contribution is 8.18.